The lowest BCUT2D eigenvalue weighted by molar-refractivity contribution is -0.235. The average Bonchev–Trinajstić information content (AvgIpc) is 0.773. The van der Waals surface area contributed by atoms with Gasteiger partial charge in [0.05, 0.1) is 36.5 Å². The number of rotatable bonds is 32. The van der Waals surface area contributed by atoms with Crippen LogP contribution in [0.1, 0.15) is 119 Å². The molecule has 2 aliphatic rings. The molecule has 0 bridgehead atoms. The molecule has 7 rings (SSSR count). The van der Waals surface area contributed by atoms with E-state index in [0.717, 1.165) is 36.1 Å². The summed E-state index contributed by atoms with van der Waals surface area (Å²) in [5.41, 5.74) is -0.735. The molecular weight excluding hydrogens is 1250 g/mol. The van der Waals surface area contributed by atoms with Gasteiger partial charge >= 0.3 is 11.9 Å². The SMILES string of the molecule is CC(=O)NC1[C@H]([C@H](O)[C@H](O)CNC(=O)c2ccc(-c3ccccc3)cc2)O[C@@](NC(=O)CCCCCNC(=O)c2ccc(C(=O)NCCCCCC(=O)N[C@]3(C(=O)O)C[C@H](O)[C@@H](NC(C)=O)[C@H]([C@H](O)[C@H](O)CNC(=O)c4ccc(-c5ccccc5)cc4)O3)cc2)(C(=O)O)C[C@@H]1O. The fraction of sp³-hybridized carbons (Fsp3) is 0.412. The Bertz CT molecular complexity index is 3270. The number of carboxylic acids is 2. The molecule has 2 fully saturated rings. The highest BCUT2D eigenvalue weighted by Crippen LogP contribution is 2.33. The average molecular weight is 1330 g/mol. The second-order valence-electron chi connectivity index (χ2n) is 23.7. The summed E-state index contributed by atoms with van der Waals surface area (Å²) in [7, 11) is 0. The van der Waals surface area contributed by atoms with Crippen molar-refractivity contribution in [3.63, 3.8) is 0 Å². The van der Waals surface area contributed by atoms with Crippen LogP contribution < -0.4 is 42.5 Å². The predicted molar refractivity (Wildman–Crippen MR) is 344 cm³/mol. The van der Waals surface area contributed by atoms with E-state index in [1.807, 2.05) is 60.7 Å². The summed E-state index contributed by atoms with van der Waals surface area (Å²) in [6.45, 7) is 1.45. The molecule has 1 unspecified atom stereocenters. The van der Waals surface area contributed by atoms with Crippen LogP contribution in [0.25, 0.3) is 22.3 Å². The summed E-state index contributed by atoms with van der Waals surface area (Å²) < 4.78 is 11.6. The van der Waals surface area contributed by atoms with Crippen LogP contribution in [0.3, 0.4) is 0 Å². The first-order chi connectivity index (χ1) is 45.8. The summed E-state index contributed by atoms with van der Waals surface area (Å²) in [6, 6.07) is 34.9. The minimum absolute atomic E-state index is 0.177. The van der Waals surface area contributed by atoms with Gasteiger partial charge in [-0.3, -0.25) is 38.4 Å². The number of amides is 8. The number of hydrogen-bond donors (Lipinski definition) is 16. The topological polar surface area (TPSA) is 447 Å². The number of nitrogens with one attached hydrogen (secondary N) is 8. The second-order valence-corrected chi connectivity index (χ2v) is 23.7. The molecule has 0 radical (unpaired) electrons. The maximum Gasteiger partial charge on any atom is 0.357 e. The maximum absolute atomic E-state index is 13.2. The first-order valence-corrected chi connectivity index (χ1v) is 31.4. The van der Waals surface area contributed by atoms with Gasteiger partial charge in [-0.05, 0) is 96.5 Å². The smallest absolute Gasteiger partial charge is 0.357 e. The zero-order valence-corrected chi connectivity index (χ0v) is 52.9. The van der Waals surface area contributed by atoms with Crippen molar-refractivity contribution < 1.29 is 98.3 Å². The molecule has 0 aliphatic carbocycles. The van der Waals surface area contributed by atoms with E-state index >= 15 is 0 Å². The van der Waals surface area contributed by atoms with Gasteiger partial charge in [0.2, 0.25) is 35.1 Å². The third kappa shape index (κ3) is 20.3. The minimum atomic E-state index is -2.62. The van der Waals surface area contributed by atoms with Gasteiger partial charge in [0.15, 0.2) is 0 Å². The van der Waals surface area contributed by atoms with Gasteiger partial charge in [0.1, 0.15) is 24.4 Å². The van der Waals surface area contributed by atoms with E-state index in [1.165, 1.54) is 24.3 Å². The Balaban J connectivity index is 0.793. The van der Waals surface area contributed by atoms with Crippen molar-refractivity contribution in [2.45, 2.75) is 150 Å². The zero-order valence-electron chi connectivity index (χ0n) is 52.9. The molecule has 16 N–H and O–H groups in total. The molecule has 0 saturated carbocycles. The predicted octanol–water partition coefficient (Wildman–Crippen LogP) is 1.01. The standard InChI is InChI=1S/C68H82N8O20/c1-39(77)73-55-49(79)35-67(65(91)92,95-59(55)57(85)51(81)37-71-63(89)47-25-21-43(22-26-47)41-15-7-3-8-16-41)75-53(83)19-11-5-13-33-69-61(87)45-29-31-46(32-30-45)62(88)70-34-14-6-12-20-54(84)76-68(66(93)94)36-50(80)56(74-40(2)78)60(96-68)58(86)52(82)38-72-64(90)48-27-23-44(24-28-48)42-17-9-4-10-18-42/h3-4,7-10,15-18,21-32,49-52,55-60,79-82,85-86H,5-6,11-14,19-20,33-38H2,1-2H3,(H,69,87)(H,70,88)(H,71,89)(H,72,90)(H,73,77)(H,74,78)(H,75,83)(H,76,84)(H,91,92)(H,93,94)/t49-,50-,51+,52+,55+,56?,57+,58+,59+,60+,67+,68+/m0/s1. The van der Waals surface area contributed by atoms with E-state index in [1.54, 1.807) is 48.5 Å². The summed E-state index contributed by atoms with van der Waals surface area (Å²) in [5, 5.41) is 108. The number of carbonyl (C=O) groups is 10. The number of aliphatic carboxylic acids is 2. The molecule has 5 aromatic rings. The van der Waals surface area contributed by atoms with Crippen molar-refractivity contribution in [3.8, 4) is 22.3 Å². The summed E-state index contributed by atoms with van der Waals surface area (Å²) >= 11 is 0. The fourth-order valence-corrected chi connectivity index (χ4v) is 11.2. The van der Waals surface area contributed by atoms with Gasteiger partial charge in [-0.1, -0.05) is 97.8 Å². The molecule has 28 heteroatoms. The highest BCUT2D eigenvalue weighted by molar-refractivity contribution is 5.98. The number of benzene rings is 5. The third-order valence-corrected chi connectivity index (χ3v) is 16.4. The van der Waals surface area contributed by atoms with E-state index < -0.39 is 157 Å². The fourth-order valence-electron chi connectivity index (χ4n) is 11.2. The van der Waals surface area contributed by atoms with Crippen LogP contribution in [0.2, 0.25) is 0 Å². The lowest BCUT2D eigenvalue weighted by Crippen LogP contribution is -2.71. The second kappa shape index (κ2) is 34.8. The van der Waals surface area contributed by atoms with Gasteiger partial charge in [-0.15, -0.1) is 0 Å². The van der Waals surface area contributed by atoms with Gasteiger partial charge in [-0.25, -0.2) is 9.59 Å². The Kier molecular flexibility index (Phi) is 26.8. The van der Waals surface area contributed by atoms with Crippen LogP contribution in [-0.4, -0.2) is 199 Å². The largest absolute Gasteiger partial charge is 0.478 e. The first-order valence-electron chi connectivity index (χ1n) is 31.4. The van der Waals surface area contributed by atoms with Gasteiger partial charge in [-0.2, -0.15) is 0 Å². The van der Waals surface area contributed by atoms with Crippen molar-refractivity contribution >= 4 is 59.2 Å². The van der Waals surface area contributed by atoms with Crippen LogP contribution in [0.5, 0.6) is 0 Å². The molecule has 2 heterocycles. The Labute approximate surface area is 552 Å². The summed E-state index contributed by atoms with van der Waals surface area (Å²) in [4.78, 5) is 128. The van der Waals surface area contributed by atoms with Crippen LogP contribution in [0.4, 0.5) is 0 Å². The minimum Gasteiger partial charge on any atom is -0.478 e. The number of carbonyl (C=O) groups excluding carboxylic acids is 8. The monoisotopic (exact) mass is 1330 g/mol. The van der Waals surface area contributed by atoms with Crippen molar-refractivity contribution in [3.05, 3.63) is 156 Å². The quantitative estimate of drug-likeness (QED) is 0.0267. The van der Waals surface area contributed by atoms with Crippen LogP contribution in [0.15, 0.2) is 133 Å². The third-order valence-electron chi connectivity index (χ3n) is 16.4. The van der Waals surface area contributed by atoms with Crippen molar-refractivity contribution in [2.24, 2.45) is 0 Å². The number of unbranched alkanes of at least 4 members (excludes halogenated alkanes) is 4. The number of carboxylic acid groups (broad SMARTS) is 2. The summed E-state index contributed by atoms with van der Waals surface area (Å²) in [6.07, 6.45) is -14.7. The Hall–Kier alpha value is -9.52. The van der Waals surface area contributed by atoms with E-state index in [0.29, 0.717) is 25.7 Å². The van der Waals surface area contributed by atoms with Crippen LogP contribution in [0, 0.1) is 0 Å². The van der Waals surface area contributed by atoms with Crippen LogP contribution >= 0.6 is 0 Å². The molecule has 2 aliphatic heterocycles. The van der Waals surface area contributed by atoms with Crippen molar-refractivity contribution in [2.75, 3.05) is 26.2 Å². The molecule has 28 nitrogen and oxygen atoms in total. The van der Waals surface area contributed by atoms with E-state index in [-0.39, 0.29) is 61.0 Å². The zero-order chi connectivity index (χ0) is 69.7. The number of aliphatic hydroxyl groups excluding tert-OH is 6. The first kappa shape index (κ1) is 73.9. The normalized spacial score (nSPS) is 21.9. The number of aliphatic hydroxyl groups is 6. The maximum atomic E-state index is 13.2. The molecule has 96 heavy (non-hydrogen) atoms. The van der Waals surface area contributed by atoms with E-state index in [2.05, 4.69) is 42.5 Å². The highest BCUT2D eigenvalue weighted by Gasteiger charge is 2.57. The van der Waals surface area contributed by atoms with Crippen molar-refractivity contribution in [1.82, 2.24) is 42.5 Å². The van der Waals surface area contributed by atoms with Crippen LogP contribution in [-0.2, 0) is 38.2 Å². The molecule has 0 spiro atoms. The lowest BCUT2D eigenvalue weighted by Gasteiger charge is -2.47. The van der Waals surface area contributed by atoms with Gasteiger partial charge in [0.25, 0.3) is 23.6 Å². The Morgan fingerprint density at radius 2 is 0.729 bits per heavy atom. The number of ether oxygens (including phenoxy) is 2. The molecule has 514 valence electrons. The summed E-state index contributed by atoms with van der Waals surface area (Å²) in [5.74, 6) is -8.59. The molecule has 2 saturated heterocycles. The van der Waals surface area contributed by atoms with Gasteiger partial charge < -0.3 is 92.9 Å². The van der Waals surface area contributed by atoms with E-state index in [9.17, 15) is 88.8 Å². The molecule has 5 aromatic carbocycles. The molecule has 8 amide bonds. The molecule has 12 atom stereocenters. The molecule has 0 aromatic heterocycles. The molecular formula is C68H82N8O20. The Morgan fingerprint density at radius 3 is 1.04 bits per heavy atom. The van der Waals surface area contributed by atoms with Crippen molar-refractivity contribution in [1.29, 1.82) is 0 Å². The van der Waals surface area contributed by atoms with Gasteiger partial charge in [0, 0.05) is 88.0 Å². The van der Waals surface area contributed by atoms with E-state index in [4.69, 9.17) is 9.47 Å². The lowest BCUT2D eigenvalue weighted by atomic mass is 9.87. The number of hydrogen-bond acceptors (Lipinski definition) is 18. The Morgan fingerprint density at radius 1 is 0.427 bits per heavy atom. The highest BCUT2D eigenvalue weighted by atomic mass is 16.6.